The highest BCUT2D eigenvalue weighted by molar-refractivity contribution is 6.01. The first-order chi connectivity index (χ1) is 13.5. The second-order valence-corrected chi connectivity index (χ2v) is 5.97. The number of amides is 2. The summed E-state index contributed by atoms with van der Waals surface area (Å²) < 4.78 is 15.0. The maximum atomic E-state index is 12.0. The molecule has 0 atom stereocenters. The first kappa shape index (κ1) is 21.4. The van der Waals surface area contributed by atoms with Crippen LogP contribution in [0.4, 0.5) is 5.69 Å². The van der Waals surface area contributed by atoms with Gasteiger partial charge in [-0.15, -0.1) is 0 Å². The van der Waals surface area contributed by atoms with E-state index in [4.69, 9.17) is 14.2 Å². The molecule has 1 aliphatic heterocycles. The highest BCUT2D eigenvalue weighted by Crippen LogP contribution is 2.16. The van der Waals surface area contributed by atoms with Crippen LogP contribution in [0.3, 0.4) is 0 Å². The van der Waals surface area contributed by atoms with Crippen LogP contribution in [-0.2, 0) is 28.6 Å². The number of para-hydroxylation sites is 1. The normalized spacial score (nSPS) is 13.5. The fourth-order valence-electron chi connectivity index (χ4n) is 2.56. The zero-order valence-electron chi connectivity index (χ0n) is 15.8. The Labute approximate surface area is 162 Å². The Morgan fingerprint density at radius 1 is 1.07 bits per heavy atom. The van der Waals surface area contributed by atoms with Crippen molar-refractivity contribution >= 4 is 29.4 Å². The summed E-state index contributed by atoms with van der Waals surface area (Å²) >= 11 is 0. The number of anilines is 1. The Morgan fingerprint density at radius 3 is 2.50 bits per heavy atom. The van der Waals surface area contributed by atoms with E-state index < -0.39 is 24.5 Å². The third kappa shape index (κ3) is 6.66. The van der Waals surface area contributed by atoms with Crippen molar-refractivity contribution in [3.05, 3.63) is 29.8 Å². The Bertz CT molecular complexity index is 714. The van der Waals surface area contributed by atoms with Crippen molar-refractivity contribution in [3.8, 4) is 0 Å². The number of carbonyl (C=O) groups is 4. The SMILES string of the molecule is CCOC(=O)c1ccccc1NC(=O)COC(=O)CCC(=O)N1CCOCC1. The predicted octanol–water partition coefficient (Wildman–Crippen LogP) is 0.984. The monoisotopic (exact) mass is 392 g/mol. The molecule has 0 aliphatic carbocycles. The number of carbonyl (C=O) groups excluding carboxylic acids is 4. The molecule has 28 heavy (non-hydrogen) atoms. The van der Waals surface area contributed by atoms with Gasteiger partial charge in [-0.1, -0.05) is 12.1 Å². The molecule has 1 heterocycles. The fourth-order valence-corrected chi connectivity index (χ4v) is 2.56. The maximum absolute atomic E-state index is 12.0. The van der Waals surface area contributed by atoms with Crippen molar-refractivity contribution in [2.45, 2.75) is 19.8 Å². The topological polar surface area (TPSA) is 111 Å². The molecule has 0 aromatic heterocycles. The molecule has 1 aromatic rings. The molecule has 9 heteroatoms. The summed E-state index contributed by atoms with van der Waals surface area (Å²) in [4.78, 5) is 49.3. The Kier molecular flexibility index (Phi) is 8.41. The zero-order chi connectivity index (χ0) is 20.4. The lowest BCUT2D eigenvalue weighted by atomic mass is 10.2. The van der Waals surface area contributed by atoms with E-state index in [-0.39, 0.29) is 36.6 Å². The number of hydrogen-bond donors (Lipinski definition) is 1. The highest BCUT2D eigenvalue weighted by Gasteiger charge is 2.19. The molecule has 0 radical (unpaired) electrons. The van der Waals surface area contributed by atoms with Crippen LogP contribution >= 0.6 is 0 Å². The molecule has 2 rings (SSSR count). The Hall–Kier alpha value is -2.94. The average Bonchev–Trinajstić information content (AvgIpc) is 2.71. The van der Waals surface area contributed by atoms with Crippen LogP contribution < -0.4 is 5.32 Å². The second-order valence-electron chi connectivity index (χ2n) is 5.97. The third-order valence-corrected chi connectivity index (χ3v) is 3.97. The summed E-state index contributed by atoms with van der Waals surface area (Å²) in [6, 6.07) is 6.37. The van der Waals surface area contributed by atoms with Gasteiger partial charge in [-0.2, -0.15) is 0 Å². The number of benzene rings is 1. The molecule has 152 valence electrons. The van der Waals surface area contributed by atoms with E-state index in [1.165, 1.54) is 6.07 Å². The molecule has 0 unspecified atom stereocenters. The van der Waals surface area contributed by atoms with Gasteiger partial charge in [0.15, 0.2) is 6.61 Å². The summed E-state index contributed by atoms with van der Waals surface area (Å²) in [6.07, 6.45) is -0.0883. The van der Waals surface area contributed by atoms with E-state index in [1.807, 2.05) is 0 Å². The van der Waals surface area contributed by atoms with Gasteiger partial charge < -0.3 is 24.4 Å². The van der Waals surface area contributed by atoms with Crippen molar-refractivity contribution < 1.29 is 33.4 Å². The fraction of sp³-hybridized carbons (Fsp3) is 0.474. The molecule has 9 nitrogen and oxygen atoms in total. The number of ether oxygens (including phenoxy) is 3. The minimum atomic E-state index is -0.643. The van der Waals surface area contributed by atoms with Crippen LogP contribution in [0, 0.1) is 0 Å². The highest BCUT2D eigenvalue weighted by atomic mass is 16.5. The number of rotatable bonds is 8. The maximum Gasteiger partial charge on any atom is 0.340 e. The van der Waals surface area contributed by atoms with E-state index >= 15 is 0 Å². The smallest absolute Gasteiger partial charge is 0.340 e. The molecular weight excluding hydrogens is 368 g/mol. The molecule has 0 bridgehead atoms. The minimum Gasteiger partial charge on any atom is -0.462 e. The van der Waals surface area contributed by atoms with Gasteiger partial charge in [-0.3, -0.25) is 14.4 Å². The number of morpholine rings is 1. The Morgan fingerprint density at radius 2 is 1.79 bits per heavy atom. The van der Waals surface area contributed by atoms with Crippen LogP contribution in [0.2, 0.25) is 0 Å². The van der Waals surface area contributed by atoms with Crippen LogP contribution in [0.5, 0.6) is 0 Å². The van der Waals surface area contributed by atoms with Crippen molar-refractivity contribution in [1.82, 2.24) is 4.90 Å². The summed E-state index contributed by atoms with van der Waals surface area (Å²) in [5.74, 6) is -1.94. The molecule has 0 saturated carbocycles. The Balaban J connectivity index is 1.75. The first-order valence-corrected chi connectivity index (χ1v) is 9.08. The summed E-state index contributed by atoms with van der Waals surface area (Å²) in [5.41, 5.74) is 0.477. The summed E-state index contributed by atoms with van der Waals surface area (Å²) in [6.45, 7) is 3.38. The molecule has 1 fully saturated rings. The van der Waals surface area contributed by atoms with E-state index in [0.29, 0.717) is 26.3 Å². The second kappa shape index (κ2) is 11.0. The lowest BCUT2D eigenvalue weighted by Crippen LogP contribution is -2.40. The van der Waals surface area contributed by atoms with Crippen molar-refractivity contribution in [3.63, 3.8) is 0 Å². The number of nitrogens with zero attached hydrogens (tertiary/aromatic N) is 1. The van der Waals surface area contributed by atoms with Gasteiger partial charge in [0.1, 0.15) is 0 Å². The van der Waals surface area contributed by atoms with E-state index in [0.717, 1.165) is 0 Å². The lowest BCUT2D eigenvalue weighted by molar-refractivity contribution is -0.149. The van der Waals surface area contributed by atoms with Crippen LogP contribution in [0.1, 0.15) is 30.1 Å². The zero-order valence-corrected chi connectivity index (χ0v) is 15.8. The third-order valence-electron chi connectivity index (χ3n) is 3.97. The molecule has 0 spiro atoms. The molecule has 1 aromatic carbocycles. The molecule has 1 saturated heterocycles. The lowest BCUT2D eigenvalue weighted by Gasteiger charge is -2.26. The first-order valence-electron chi connectivity index (χ1n) is 9.08. The number of nitrogens with one attached hydrogen (secondary N) is 1. The summed E-state index contributed by atoms with van der Waals surface area (Å²) in [5, 5.41) is 2.52. The van der Waals surface area contributed by atoms with Gasteiger partial charge in [0.2, 0.25) is 5.91 Å². The minimum absolute atomic E-state index is 0.0200. The van der Waals surface area contributed by atoms with Crippen LogP contribution in [0.15, 0.2) is 24.3 Å². The number of hydrogen-bond acceptors (Lipinski definition) is 7. The molecular formula is C19H24N2O7. The van der Waals surface area contributed by atoms with E-state index in [9.17, 15) is 19.2 Å². The predicted molar refractivity (Wildman–Crippen MR) is 98.6 cm³/mol. The van der Waals surface area contributed by atoms with Crippen molar-refractivity contribution in [2.24, 2.45) is 0 Å². The standard InChI is InChI=1S/C19H24N2O7/c1-2-27-19(25)14-5-3-4-6-15(14)20-16(22)13-28-18(24)8-7-17(23)21-9-11-26-12-10-21/h3-6H,2,7-13H2,1H3,(H,20,22). The molecule has 1 aliphatic rings. The van der Waals surface area contributed by atoms with Gasteiger partial charge in [0.05, 0.1) is 37.5 Å². The van der Waals surface area contributed by atoms with Crippen LogP contribution in [-0.4, -0.2) is 68.2 Å². The average molecular weight is 392 g/mol. The van der Waals surface area contributed by atoms with Gasteiger partial charge in [-0.25, -0.2) is 4.79 Å². The van der Waals surface area contributed by atoms with Crippen molar-refractivity contribution in [2.75, 3.05) is 44.8 Å². The van der Waals surface area contributed by atoms with Crippen LogP contribution in [0.25, 0.3) is 0 Å². The van der Waals surface area contributed by atoms with Crippen molar-refractivity contribution in [1.29, 1.82) is 0 Å². The van der Waals surface area contributed by atoms with Gasteiger partial charge in [0, 0.05) is 19.5 Å². The van der Waals surface area contributed by atoms with Gasteiger partial charge in [-0.05, 0) is 19.1 Å². The van der Waals surface area contributed by atoms with E-state index in [1.54, 1.807) is 30.0 Å². The summed E-state index contributed by atoms with van der Waals surface area (Å²) in [7, 11) is 0. The van der Waals surface area contributed by atoms with Gasteiger partial charge >= 0.3 is 11.9 Å². The van der Waals surface area contributed by atoms with E-state index in [2.05, 4.69) is 5.32 Å². The molecule has 2 amide bonds. The molecule has 1 N–H and O–H groups in total. The number of esters is 2. The largest absolute Gasteiger partial charge is 0.462 e. The quantitative estimate of drug-likeness (QED) is 0.657. The van der Waals surface area contributed by atoms with Gasteiger partial charge in [0.25, 0.3) is 5.91 Å².